The molecule has 1 aromatic carbocycles. The van der Waals surface area contributed by atoms with Crippen LogP contribution in [-0.2, 0) is 6.18 Å². The van der Waals surface area contributed by atoms with Gasteiger partial charge in [-0.05, 0) is 30.2 Å². The Balaban J connectivity index is 2.79. The molecule has 0 bridgehead atoms. The van der Waals surface area contributed by atoms with Crippen molar-refractivity contribution in [1.82, 2.24) is 4.90 Å². The molecule has 0 heterocycles. The highest BCUT2D eigenvalue weighted by Crippen LogP contribution is 2.30. The van der Waals surface area contributed by atoms with E-state index in [1.807, 2.05) is 11.8 Å². The number of hydrogen-bond acceptors (Lipinski definition) is 2. The molecule has 0 saturated carbocycles. The van der Waals surface area contributed by atoms with Gasteiger partial charge in [0.05, 0.1) is 11.7 Å². The first-order chi connectivity index (χ1) is 9.24. The first-order valence-corrected chi connectivity index (χ1v) is 6.81. The van der Waals surface area contributed by atoms with Gasteiger partial charge in [0, 0.05) is 13.1 Å². The van der Waals surface area contributed by atoms with Crippen LogP contribution in [0.4, 0.5) is 13.2 Å². The van der Waals surface area contributed by atoms with Gasteiger partial charge in [-0.25, -0.2) is 0 Å². The fourth-order valence-corrected chi connectivity index (χ4v) is 2.12. The maximum Gasteiger partial charge on any atom is 0.416 e. The molecule has 0 amide bonds. The van der Waals surface area contributed by atoms with Crippen molar-refractivity contribution in [2.45, 2.75) is 33.1 Å². The van der Waals surface area contributed by atoms with Crippen LogP contribution in [0.25, 0.3) is 0 Å². The number of halogens is 3. The maximum absolute atomic E-state index is 12.6. The molecule has 1 atom stereocenters. The number of aliphatic hydroxyl groups excluding tert-OH is 1. The van der Waals surface area contributed by atoms with Gasteiger partial charge < -0.3 is 10.0 Å². The Kier molecular flexibility index (Phi) is 6.02. The standard InChI is InChI=1S/C15H22F3NO/c1-4-19(9-11(2)3)10-14(20)12-6-5-7-13(8-12)15(16,17)18/h5-8,11,14,20H,4,9-10H2,1-3H3. The molecule has 1 rings (SSSR count). The Labute approximate surface area is 118 Å². The number of benzene rings is 1. The smallest absolute Gasteiger partial charge is 0.387 e. The van der Waals surface area contributed by atoms with Crippen molar-refractivity contribution >= 4 is 0 Å². The molecule has 20 heavy (non-hydrogen) atoms. The fraction of sp³-hybridized carbons (Fsp3) is 0.600. The van der Waals surface area contributed by atoms with Gasteiger partial charge in [0.25, 0.3) is 0 Å². The summed E-state index contributed by atoms with van der Waals surface area (Å²) >= 11 is 0. The first-order valence-electron chi connectivity index (χ1n) is 6.81. The number of rotatable bonds is 6. The normalized spacial score (nSPS) is 14.1. The van der Waals surface area contributed by atoms with Crippen molar-refractivity contribution in [3.63, 3.8) is 0 Å². The van der Waals surface area contributed by atoms with E-state index in [-0.39, 0.29) is 0 Å². The molecular weight excluding hydrogens is 267 g/mol. The van der Waals surface area contributed by atoms with Crippen molar-refractivity contribution < 1.29 is 18.3 Å². The second-order valence-electron chi connectivity index (χ2n) is 5.39. The van der Waals surface area contributed by atoms with E-state index < -0.39 is 17.8 Å². The van der Waals surface area contributed by atoms with Crippen molar-refractivity contribution in [2.75, 3.05) is 19.6 Å². The molecule has 0 aliphatic heterocycles. The average Bonchev–Trinajstić information content (AvgIpc) is 2.36. The summed E-state index contributed by atoms with van der Waals surface area (Å²) in [5.41, 5.74) is -0.414. The van der Waals surface area contributed by atoms with E-state index in [0.717, 1.165) is 25.2 Å². The molecule has 1 unspecified atom stereocenters. The minimum Gasteiger partial charge on any atom is -0.387 e. The Bertz CT molecular complexity index is 418. The lowest BCUT2D eigenvalue weighted by molar-refractivity contribution is -0.137. The molecule has 1 aromatic rings. The van der Waals surface area contributed by atoms with Gasteiger partial charge in [-0.1, -0.05) is 32.9 Å². The molecule has 0 aliphatic rings. The van der Waals surface area contributed by atoms with E-state index in [0.29, 0.717) is 18.0 Å². The van der Waals surface area contributed by atoms with Gasteiger partial charge in [-0.2, -0.15) is 13.2 Å². The quantitative estimate of drug-likeness (QED) is 0.863. The number of aliphatic hydroxyl groups is 1. The molecule has 0 aliphatic carbocycles. The molecule has 2 nitrogen and oxygen atoms in total. The zero-order chi connectivity index (χ0) is 15.3. The van der Waals surface area contributed by atoms with Crippen molar-refractivity contribution in [2.24, 2.45) is 5.92 Å². The number of likely N-dealkylation sites (N-methyl/N-ethyl adjacent to an activating group) is 1. The fourth-order valence-electron chi connectivity index (χ4n) is 2.12. The van der Waals surface area contributed by atoms with E-state index in [4.69, 9.17) is 0 Å². The van der Waals surface area contributed by atoms with E-state index in [9.17, 15) is 18.3 Å². The highest BCUT2D eigenvalue weighted by molar-refractivity contribution is 5.27. The molecule has 0 saturated heterocycles. The van der Waals surface area contributed by atoms with Crippen molar-refractivity contribution in [1.29, 1.82) is 0 Å². The summed E-state index contributed by atoms with van der Waals surface area (Å²) in [4.78, 5) is 2.04. The molecule has 0 spiro atoms. The first kappa shape index (κ1) is 17.0. The highest BCUT2D eigenvalue weighted by Gasteiger charge is 2.30. The van der Waals surface area contributed by atoms with Crippen LogP contribution < -0.4 is 0 Å². The van der Waals surface area contributed by atoms with Gasteiger partial charge in [0.15, 0.2) is 0 Å². The number of nitrogens with zero attached hydrogens (tertiary/aromatic N) is 1. The third-order valence-electron chi connectivity index (χ3n) is 3.10. The van der Waals surface area contributed by atoms with Gasteiger partial charge in [-0.15, -0.1) is 0 Å². The van der Waals surface area contributed by atoms with E-state index in [1.54, 1.807) is 0 Å². The second-order valence-corrected chi connectivity index (χ2v) is 5.39. The van der Waals surface area contributed by atoms with Crippen LogP contribution in [0.15, 0.2) is 24.3 Å². The van der Waals surface area contributed by atoms with E-state index in [2.05, 4.69) is 13.8 Å². The molecular formula is C15H22F3NO. The van der Waals surface area contributed by atoms with Crippen molar-refractivity contribution in [3.05, 3.63) is 35.4 Å². The number of hydrogen-bond donors (Lipinski definition) is 1. The lowest BCUT2D eigenvalue weighted by Gasteiger charge is -2.25. The van der Waals surface area contributed by atoms with E-state index in [1.165, 1.54) is 12.1 Å². The zero-order valence-electron chi connectivity index (χ0n) is 12.1. The molecule has 5 heteroatoms. The van der Waals surface area contributed by atoms with Crippen LogP contribution >= 0.6 is 0 Å². The Hall–Kier alpha value is -1.07. The summed E-state index contributed by atoms with van der Waals surface area (Å²) in [6.07, 6.45) is -5.28. The minimum atomic E-state index is -4.38. The predicted molar refractivity (Wildman–Crippen MR) is 73.4 cm³/mol. The molecule has 0 fully saturated rings. The van der Waals surface area contributed by atoms with Crippen LogP contribution in [0.1, 0.15) is 38.0 Å². The Morgan fingerprint density at radius 3 is 2.35 bits per heavy atom. The summed E-state index contributed by atoms with van der Waals surface area (Å²) in [5.74, 6) is 0.448. The van der Waals surface area contributed by atoms with Crippen LogP contribution in [0.2, 0.25) is 0 Å². The molecule has 1 N–H and O–H groups in total. The summed E-state index contributed by atoms with van der Waals surface area (Å²) in [5, 5.41) is 10.1. The van der Waals surface area contributed by atoms with E-state index >= 15 is 0 Å². The predicted octanol–water partition coefficient (Wildman–Crippen LogP) is 3.72. The summed E-state index contributed by atoms with van der Waals surface area (Å²) in [7, 11) is 0. The van der Waals surface area contributed by atoms with Crippen molar-refractivity contribution in [3.8, 4) is 0 Å². The van der Waals surface area contributed by atoms with Gasteiger partial charge in [0.1, 0.15) is 0 Å². The van der Waals surface area contributed by atoms with Gasteiger partial charge >= 0.3 is 6.18 Å². The van der Waals surface area contributed by atoms with Crippen LogP contribution in [0.5, 0.6) is 0 Å². The number of alkyl halides is 3. The van der Waals surface area contributed by atoms with Crippen LogP contribution in [0.3, 0.4) is 0 Å². The third-order valence-corrected chi connectivity index (χ3v) is 3.10. The summed E-state index contributed by atoms with van der Waals surface area (Å²) in [6, 6.07) is 4.90. The lowest BCUT2D eigenvalue weighted by Crippen LogP contribution is -2.31. The monoisotopic (exact) mass is 289 g/mol. The van der Waals surface area contributed by atoms with Crippen LogP contribution in [-0.4, -0.2) is 29.6 Å². The largest absolute Gasteiger partial charge is 0.416 e. The van der Waals surface area contributed by atoms with Gasteiger partial charge in [-0.3, -0.25) is 0 Å². The second kappa shape index (κ2) is 7.09. The topological polar surface area (TPSA) is 23.5 Å². The molecule has 0 radical (unpaired) electrons. The minimum absolute atomic E-state index is 0.307. The lowest BCUT2D eigenvalue weighted by atomic mass is 10.0. The summed E-state index contributed by atoms with van der Waals surface area (Å²) < 4.78 is 37.9. The SMILES string of the molecule is CCN(CC(C)C)CC(O)c1cccc(C(F)(F)F)c1. The highest BCUT2D eigenvalue weighted by atomic mass is 19.4. The molecule has 114 valence electrons. The van der Waals surface area contributed by atoms with Gasteiger partial charge in [0.2, 0.25) is 0 Å². The summed E-state index contributed by atoms with van der Waals surface area (Å²) in [6.45, 7) is 8.02. The average molecular weight is 289 g/mol. The Morgan fingerprint density at radius 1 is 1.20 bits per heavy atom. The zero-order valence-corrected chi connectivity index (χ0v) is 12.1. The molecule has 0 aromatic heterocycles. The third kappa shape index (κ3) is 5.13. The maximum atomic E-state index is 12.6. The van der Waals surface area contributed by atoms with Crippen LogP contribution in [0, 0.1) is 5.92 Å². The Morgan fingerprint density at radius 2 is 1.85 bits per heavy atom.